The molecule has 0 saturated carbocycles. The number of morpholine rings is 1. The van der Waals surface area contributed by atoms with Crippen molar-refractivity contribution in [2.24, 2.45) is 0 Å². The number of likely N-dealkylation sites (N-methyl/N-ethyl adjacent to an activating group) is 1. The second-order valence-electron chi connectivity index (χ2n) is 6.47. The highest BCUT2D eigenvalue weighted by Gasteiger charge is 2.29. The first-order valence-electron chi connectivity index (χ1n) is 8.60. The highest BCUT2D eigenvalue weighted by molar-refractivity contribution is 5.78. The molecule has 0 bridgehead atoms. The Bertz CT molecular complexity index is 560. The molecule has 132 valence electrons. The van der Waals surface area contributed by atoms with E-state index in [9.17, 15) is 4.79 Å². The molecule has 1 aromatic rings. The number of hydrogen-bond donors (Lipinski definition) is 0. The molecule has 1 amide bonds. The number of ether oxygens (including phenoxy) is 2. The second kappa shape index (κ2) is 7.96. The predicted octanol–water partition coefficient (Wildman–Crippen LogP) is 0.843. The number of carbonyl (C=O) groups excluding carboxylic acids is 1. The summed E-state index contributed by atoms with van der Waals surface area (Å²) in [7, 11) is 3.85. The first-order chi connectivity index (χ1) is 11.7. The van der Waals surface area contributed by atoms with Crippen LogP contribution >= 0.6 is 0 Å². The Morgan fingerprint density at radius 2 is 1.96 bits per heavy atom. The number of benzene rings is 1. The van der Waals surface area contributed by atoms with Crippen molar-refractivity contribution in [3.63, 3.8) is 0 Å². The molecule has 3 rings (SSSR count). The van der Waals surface area contributed by atoms with Crippen LogP contribution in [0.5, 0.6) is 5.75 Å². The van der Waals surface area contributed by atoms with Crippen LogP contribution in [-0.2, 0) is 9.53 Å². The van der Waals surface area contributed by atoms with E-state index < -0.39 is 0 Å². The van der Waals surface area contributed by atoms with Crippen LogP contribution in [-0.4, -0.2) is 87.2 Å². The lowest BCUT2D eigenvalue weighted by atomic mass is 10.0. The molecular weight excluding hydrogens is 306 g/mol. The van der Waals surface area contributed by atoms with E-state index in [1.807, 2.05) is 23.1 Å². The number of methoxy groups -OCH3 is 1. The summed E-state index contributed by atoms with van der Waals surface area (Å²) in [5.74, 6) is 1.12. The van der Waals surface area contributed by atoms with Gasteiger partial charge in [-0.2, -0.15) is 0 Å². The van der Waals surface area contributed by atoms with Crippen molar-refractivity contribution in [2.75, 3.05) is 66.6 Å². The minimum Gasteiger partial charge on any atom is -0.496 e. The summed E-state index contributed by atoms with van der Waals surface area (Å²) in [6, 6.07) is 8.40. The number of piperazine rings is 1. The minimum atomic E-state index is 0.210. The lowest BCUT2D eigenvalue weighted by Crippen LogP contribution is -2.51. The van der Waals surface area contributed by atoms with Crippen molar-refractivity contribution >= 4 is 5.91 Å². The van der Waals surface area contributed by atoms with Crippen LogP contribution in [0.1, 0.15) is 11.6 Å². The Morgan fingerprint density at radius 1 is 1.21 bits per heavy atom. The summed E-state index contributed by atoms with van der Waals surface area (Å²) in [5.41, 5.74) is 1.19. The molecule has 2 fully saturated rings. The van der Waals surface area contributed by atoms with Crippen LogP contribution in [0.15, 0.2) is 24.3 Å². The van der Waals surface area contributed by atoms with Crippen molar-refractivity contribution in [1.29, 1.82) is 0 Å². The summed E-state index contributed by atoms with van der Waals surface area (Å²) >= 11 is 0. The average molecular weight is 333 g/mol. The van der Waals surface area contributed by atoms with Gasteiger partial charge < -0.3 is 14.4 Å². The van der Waals surface area contributed by atoms with Gasteiger partial charge in [-0.15, -0.1) is 0 Å². The molecule has 6 heteroatoms. The van der Waals surface area contributed by atoms with Gasteiger partial charge in [-0.05, 0) is 13.1 Å². The maximum absolute atomic E-state index is 12.5. The van der Waals surface area contributed by atoms with Crippen LogP contribution in [0.25, 0.3) is 0 Å². The first-order valence-corrected chi connectivity index (χ1v) is 8.60. The fourth-order valence-corrected chi connectivity index (χ4v) is 3.46. The molecule has 0 N–H and O–H groups in total. The highest BCUT2D eigenvalue weighted by Crippen LogP contribution is 2.31. The van der Waals surface area contributed by atoms with Gasteiger partial charge >= 0.3 is 0 Å². The van der Waals surface area contributed by atoms with E-state index in [1.165, 1.54) is 5.56 Å². The number of carbonyl (C=O) groups is 1. The van der Waals surface area contributed by atoms with Gasteiger partial charge in [-0.25, -0.2) is 0 Å². The molecule has 0 unspecified atom stereocenters. The molecule has 6 nitrogen and oxygen atoms in total. The topological polar surface area (TPSA) is 45.3 Å². The Kier molecular flexibility index (Phi) is 5.71. The standard InChI is InChI=1S/C18H27N3O3/c1-19-7-8-20(14-18(22)21-9-11-24-12-10-21)13-16(19)15-5-3-4-6-17(15)23-2/h3-6,16H,7-14H2,1-2H3/t16-/m1/s1. The molecule has 1 aromatic carbocycles. The molecular formula is C18H27N3O3. The van der Waals surface area contributed by atoms with Crippen LogP contribution in [0.2, 0.25) is 0 Å². The number of hydrogen-bond acceptors (Lipinski definition) is 5. The second-order valence-corrected chi connectivity index (χ2v) is 6.47. The van der Waals surface area contributed by atoms with E-state index in [2.05, 4.69) is 22.9 Å². The normalized spacial score (nSPS) is 23.2. The van der Waals surface area contributed by atoms with Crippen LogP contribution in [0.4, 0.5) is 0 Å². The Balaban J connectivity index is 1.65. The summed E-state index contributed by atoms with van der Waals surface area (Å²) < 4.78 is 10.9. The van der Waals surface area contributed by atoms with Gasteiger partial charge in [0.1, 0.15) is 5.75 Å². The zero-order valence-electron chi connectivity index (χ0n) is 14.6. The van der Waals surface area contributed by atoms with Gasteiger partial charge in [-0.3, -0.25) is 14.6 Å². The van der Waals surface area contributed by atoms with Gasteiger partial charge in [-0.1, -0.05) is 18.2 Å². The SMILES string of the molecule is COc1ccccc1[C@H]1CN(CC(=O)N2CCOCC2)CCN1C. The molecule has 2 saturated heterocycles. The number of nitrogens with zero attached hydrogens (tertiary/aromatic N) is 3. The average Bonchev–Trinajstić information content (AvgIpc) is 2.64. The summed E-state index contributed by atoms with van der Waals surface area (Å²) in [5, 5.41) is 0. The van der Waals surface area contributed by atoms with E-state index in [4.69, 9.17) is 9.47 Å². The Labute approximate surface area is 143 Å². The van der Waals surface area contributed by atoms with E-state index in [0.29, 0.717) is 32.8 Å². The van der Waals surface area contributed by atoms with Crippen molar-refractivity contribution in [1.82, 2.24) is 14.7 Å². The monoisotopic (exact) mass is 333 g/mol. The summed E-state index contributed by atoms with van der Waals surface area (Å²) in [6.07, 6.45) is 0. The third-order valence-corrected chi connectivity index (χ3v) is 4.95. The fraction of sp³-hybridized carbons (Fsp3) is 0.611. The van der Waals surface area contributed by atoms with Gasteiger partial charge in [0.15, 0.2) is 0 Å². The molecule has 0 radical (unpaired) electrons. The van der Waals surface area contributed by atoms with E-state index in [-0.39, 0.29) is 11.9 Å². The fourth-order valence-electron chi connectivity index (χ4n) is 3.46. The first kappa shape index (κ1) is 17.2. The Morgan fingerprint density at radius 3 is 2.71 bits per heavy atom. The number of rotatable bonds is 4. The molecule has 2 heterocycles. The molecule has 0 aliphatic carbocycles. The van der Waals surface area contributed by atoms with Crippen molar-refractivity contribution in [3.05, 3.63) is 29.8 Å². The summed E-state index contributed by atoms with van der Waals surface area (Å²) in [4.78, 5) is 19.0. The predicted molar refractivity (Wildman–Crippen MR) is 92.2 cm³/mol. The maximum Gasteiger partial charge on any atom is 0.236 e. The van der Waals surface area contributed by atoms with Crippen LogP contribution < -0.4 is 4.74 Å². The quantitative estimate of drug-likeness (QED) is 0.817. The third-order valence-electron chi connectivity index (χ3n) is 4.95. The van der Waals surface area contributed by atoms with Crippen LogP contribution in [0.3, 0.4) is 0 Å². The van der Waals surface area contributed by atoms with Crippen molar-refractivity contribution in [3.8, 4) is 5.75 Å². The van der Waals surface area contributed by atoms with Gasteiger partial charge in [0, 0.05) is 38.3 Å². The van der Waals surface area contributed by atoms with Gasteiger partial charge in [0.05, 0.1) is 32.9 Å². The molecule has 24 heavy (non-hydrogen) atoms. The molecule has 2 aliphatic heterocycles. The molecule has 1 atom stereocenters. The zero-order valence-corrected chi connectivity index (χ0v) is 14.6. The minimum absolute atomic E-state index is 0.210. The van der Waals surface area contributed by atoms with Crippen molar-refractivity contribution < 1.29 is 14.3 Å². The lowest BCUT2D eigenvalue weighted by Gasteiger charge is -2.40. The smallest absolute Gasteiger partial charge is 0.236 e. The zero-order chi connectivity index (χ0) is 16.9. The van der Waals surface area contributed by atoms with Crippen LogP contribution in [0, 0.1) is 0 Å². The highest BCUT2D eigenvalue weighted by atomic mass is 16.5. The van der Waals surface area contributed by atoms with Gasteiger partial charge in [0.25, 0.3) is 0 Å². The largest absolute Gasteiger partial charge is 0.496 e. The van der Waals surface area contributed by atoms with E-state index in [0.717, 1.165) is 25.4 Å². The number of amides is 1. The maximum atomic E-state index is 12.5. The van der Waals surface area contributed by atoms with E-state index >= 15 is 0 Å². The number of para-hydroxylation sites is 1. The van der Waals surface area contributed by atoms with E-state index in [1.54, 1.807) is 7.11 Å². The van der Waals surface area contributed by atoms with Gasteiger partial charge in [0.2, 0.25) is 5.91 Å². The Hall–Kier alpha value is -1.63. The third kappa shape index (κ3) is 3.88. The lowest BCUT2D eigenvalue weighted by molar-refractivity contribution is -0.137. The molecule has 0 aromatic heterocycles. The van der Waals surface area contributed by atoms with Crippen molar-refractivity contribution in [2.45, 2.75) is 6.04 Å². The molecule has 0 spiro atoms. The summed E-state index contributed by atoms with van der Waals surface area (Å²) in [6.45, 7) is 5.91. The molecule has 2 aliphatic rings.